The van der Waals surface area contributed by atoms with E-state index in [1.807, 2.05) is 0 Å². The number of nitrogens with two attached hydrogens (primary N) is 1. The minimum atomic E-state index is -0.100. The number of rotatable bonds is 4. The Balaban J connectivity index is 1.82. The van der Waals surface area contributed by atoms with Gasteiger partial charge in [0.15, 0.2) is 0 Å². The SMILES string of the molecule is CC(C)C(C)(c1ccc(-c2cnc(N)nc2)cc1)c1cn(C)c2ccccc12. The van der Waals surface area contributed by atoms with Gasteiger partial charge in [-0.15, -0.1) is 0 Å². The van der Waals surface area contributed by atoms with E-state index in [0.717, 1.165) is 11.1 Å². The van der Waals surface area contributed by atoms with Crippen LogP contribution in [0.2, 0.25) is 0 Å². The third kappa shape index (κ3) is 2.85. The van der Waals surface area contributed by atoms with Crippen molar-refractivity contribution in [2.24, 2.45) is 13.0 Å². The predicted octanol–water partition coefficient (Wildman–Crippen LogP) is 5.18. The molecule has 0 spiro atoms. The number of aryl methyl sites for hydroxylation is 1. The average molecular weight is 371 g/mol. The zero-order chi connectivity index (χ0) is 19.9. The molecule has 0 saturated heterocycles. The number of hydrogen-bond acceptors (Lipinski definition) is 3. The van der Waals surface area contributed by atoms with E-state index in [1.54, 1.807) is 12.4 Å². The lowest BCUT2D eigenvalue weighted by Crippen LogP contribution is -2.30. The highest BCUT2D eigenvalue weighted by atomic mass is 15.0. The molecule has 4 aromatic rings. The van der Waals surface area contributed by atoms with Crippen LogP contribution in [-0.2, 0) is 12.5 Å². The van der Waals surface area contributed by atoms with Crippen molar-refractivity contribution >= 4 is 16.9 Å². The molecule has 142 valence electrons. The molecule has 0 saturated carbocycles. The number of benzene rings is 2. The second-order valence-corrected chi connectivity index (χ2v) is 7.94. The first-order valence-electron chi connectivity index (χ1n) is 9.64. The molecule has 0 fully saturated rings. The van der Waals surface area contributed by atoms with E-state index in [4.69, 9.17) is 5.73 Å². The Morgan fingerprint density at radius 1 is 0.929 bits per heavy atom. The highest BCUT2D eigenvalue weighted by Gasteiger charge is 2.35. The van der Waals surface area contributed by atoms with Gasteiger partial charge < -0.3 is 10.3 Å². The number of nitrogens with zero attached hydrogens (tertiary/aromatic N) is 3. The van der Waals surface area contributed by atoms with Crippen LogP contribution in [0.1, 0.15) is 31.9 Å². The normalized spacial score (nSPS) is 13.8. The molecule has 4 heteroatoms. The van der Waals surface area contributed by atoms with Gasteiger partial charge in [0.1, 0.15) is 0 Å². The van der Waals surface area contributed by atoms with Gasteiger partial charge in [0.2, 0.25) is 5.95 Å². The number of nitrogen functional groups attached to an aromatic ring is 1. The Morgan fingerprint density at radius 3 is 2.21 bits per heavy atom. The summed E-state index contributed by atoms with van der Waals surface area (Å²) in [6.45, 7) is 6.94. The smallest absolute Gasteiger partial charge is 0.219 e. The van der Waals surface area contributed by atoms with Gasteiger partial charge in [0, 0.05) is 47.5 Å². The van der Waals surface area contributed by atoms with Crippen LogP contribution in [0, 0.1) is 5.92 Å². The number of aromatic nitrogens is 3. The first-order chi connectivity index (χ1) is 13.4. The number of para-hydroxylation sites is 1. The van der Waals surface area contributed by atoms with Crippen molar-refractivity contribution < 1.29 is 0 Å². The fraction of sp³-hybridized carbons (Fsp3) is 0.250. The molecule has 28 heavy (non-hydrogen) atoms. The summed E-state index contributed by atoms with van der Waals surface area (Å²) >= 11 is 0. The minimum Gasteiger partial charge on any atom is -0.368 e. The zero-order valence-corrected chi connectivity index (χ0v) is 16.8. The Bertz CT molecular complexity index is 1110. The summed E-state index contributed by atoms with van der Waals surface area (Å²) < 4.78 is 2.23. The maximum Gasteiger partial charge on any atom is 0.219 e. The van der Waals surface area contributed by atoms with E-state index in [1.165, 1.54) is 22.0 Å². The molecule has 1 atom stereocenters. The van der Waals surface area contributed by atoms with Crippen molar-refractivity contribution in [3.05, 3.63) is 78.2 Å². The molecule has 0 amide bonds. The Morgan fingerprint density at radius 2 is 1.57 bits per heavy atom. The summed E-state index contributed by atoms with van der Waals surface area (Å²) in [4.78, 5) is 8.21. The van der Waals surface area contributed by atoms with E-state index in [-0.39, 0.29) is 5.41 Å². The van der Waals surface area contributed by atoms with Gasteiger partial charge in [0.25, 0.3) is 0 Å². The highest BCUT2D eigenvalue weighted by molar-refractivity contribution is 5.85. The van der Waals surface area contributed by atoms with Gasteiger partial charge in [0.05, 0.1) is 0 Å². The molecule has 0 bridgehead atoms. The number of hydrogen-bond donors (Lipinski definition) is 1. The summed E-state index contributed by atoms with van der Waals surface area (Å²) in [5.41, 5.74) is 11.5. The Hall–Kier alpha value is -3.14. The largest absolute Gasteiger partial charge is 0.368 e. The molecule has 0 radical (unpaired) electrons. The third-order valence-corrected chi connectivity index (χ3v) is 6.10. The lowest BCUT2D eigenvalue weighted by Gasteiger charge is -2.35. The zero-order valence-electron chi connectivity index (χ0n) is 16.8. The predicted molar refractivity (Wildman–Crippen MR) is 116 cm³/mol. The number of anilines is 1. The summed E-state index contributed by atoms with van der Waals surface area (Å²) in [7, 11) is 2.12. The van der Waals surface area contributed by atoms with E-state index in [9.17, 15) is 0 Å². The van der Waals surface area contributed by atoms with Crippen LogP contribution in [0.25, 0.3) is 22.0 Å². The molecule has 2 aromatic heterocycles. The lowest BCUT2D eigenvalue weighted by molar-refractivity contribution is 0.407. The summed E-state index contributed by atoms with van der Waals surface area (Å²) in [6.07, 6.45) is 5.82. The van der Waals surface area contributed by atoms with Crippen molar-refractivity contribution in [3.63, 3.8) is 0 Å². The third-order valence-electron chi connectivity index (χ3n) is 6.10. The molecule has 4 rings (SSSR count). The quantitative estimate of drug-likeness (QED) is 0.538. The summed E-state index contributed by atoms with van der Waals surface area (Å²) in [5.74, 6) is 0.729. The second kappa shape index (κ2) is 6.79. The molecule has 2 N–H and O–H groups in total. The standard InChI is InChI=1S/C24H26N4/c1-16(2)24(3,21-15-28(4)22-8-6-5-7-20(21)22)19-11-9-17(10-12-19)18-13-26-23(25)27-14-18/h5-16H,1-4H3,(H2,25,26,27). The molecule has 4 nitrogen and oxygen atoms in total. The van der Waals surface area contributed by atoms with Crippen molar-refractivity contribution in [2.75, 3.05) is 5.73 Å². The monoisotopic (exact) mass is 370 g/mol. The van der Waals surface area contributed by atoms with Gasteiger partial charge >= 0.3 is 0 Å². The summed E-state index contributed by atoms with van der Waals surface area (Å²) in [6, 6.07) is 17.4. The maximum atomic E-state index is 5.61. The van der Waals surface area contributed by atoms with Gasteiger partial charge in [-0.05, 0) is 28.7 Å². The Labute approximate surface area is 166 Å². The summed E-state index contributed by atoms with van der Waals surface area (Å²) in [5, 5.41) is 1.32. The van der Waals surface area contributed by atoms with Gasteiger partial charge in [-0.3, -0.25) is 0 Å². The van der Waals surface area contributed by atoms with Crippen LogP contribution in [0.5, 0.6) is 0 Å². The molecule has 0 aliphatic heterocycles. The topological polar surface area (TPSA) is 56.7 Å². The van der Waals surface area contributed by atoms with Crippen molar-refractivity contribution in [1.29, 1.82) is 0 Å². The fourth-order valence-electron chi connectivity index (χ4n) is 4.05. The van der Waals surface area contributed by atoms with E-state index in [2.05, 4.69) is 97.1 Å². The molecule has 1 unspecified atom stereocenters. The maximum absolute atomic E-state index is 5.61. The first-order valence-corrected chi connectivity index (χ1v) is 9.64. The van der Waals surface area contributed by atoms with Crippen LogP contribution in [0.3, 0.4) is 0 Å². The molecular formula is C24H26N4. The van der Waals surface area contributed by atoms with Crippen LogP contribution in [-0.4, -0.2) is 14.5 Å². The van der Waals surface area contributed by atoms with Crippen LogP contribution in [0.4, 0.5) is 5.95 Å². The van der Waals surface area contributed by atoms with Crippen molar-refractivity contribution in [3.8, 4) is 11.1 Å². The minimum absolute atomic E-state index is 0.100. The lowest BCUT2D eigenvalue weighted by atomic mass is 9.68. The van der Waals surface area contributed by atoms with Crippen molar-refractivity contribution in [2.45, 2.75) is 26.2 Å². The van der Waals surface area contributed by atoms with Crippen molar-refractivity contribution in [1.82, 2.24) is 14.5 Å². The second-order valence-electron chi connectivity index (χ2n) is 7.94. The van der Waals surface area contributed by atoms with Crippen LogP contribution >= 0.6 is 0 Å². The van der Waals surface area contributed by atoms with E-state index in [0.29, 0.717) is 11.9 Å². The molecule has 0 aliphatic carbocycles. The van der Waals surface area contributed by atoms with Gasteiger partial charge in [-0.25, -0.2) is 9.97 Å². The Kier molecular flexibility index (Phi) is 4.42. The average Bonchev–Trinajstić information content (AvgIpc) is 3.05. The van der Waals surface area contributed by atoms with Crippen LogP contribution < -0.4 is 5.73 Å². The van der Waals surface area contributed by atoms with E-state index >= 15 is 0 Å². The number of fused-ring (bicyclic) bond motifs is 1. The van der Waals surface area contributed by atoms with Crippen LogP contribution in [0.15, 0.2) is 67.1 Å². The van der Waals surface area contributed by atoms with E-state index < -0.39 is 0 Å². The molecule has 2 aromatic carbocycles. The first kappa shape index (κ1) is 18.2. The van der Waals surface area contributed by atoms with Gasteiger partial charge in [-0.2, -0.15) is 0 Å². The highest BCUT2D eigenvalue weighted by Crippen LogP contribution is 2.43. The molecule has 0 aliphatic rings. The molecular weight excluding hydrogens is 344 g/mol. The molecule has 2 heterocycles. The fourth-order valence-corrected chi connectivity index (χ4v) is 4.05. The van der Waals surface area contributed by atoms with Gasteiger partial charge in [-0.1, -0.05) is 63.2 Å².